The van der Waals surface area contributed by atoms with Gasteiger partial charge in [0.05, 0.1) is 6.61 Å². The van der Waals surface area contributed by atoms with Crippen LogP contribution >= 0.6 is 15.9 Å². The number of nitrogens with one attached hydrogen (secondary N) is 1. The Hall–Kier alpha value is -0.540. The van der Waals surface area contributed by atoms with Crippen LogP contribution < -0.4 is 10.1 Å². The lowest BCUT2D eigenvalue weighted by Gasteiger charge is -2.25. The molecule has 0 aromatic heterocycles. The normalized spacial score (nSPS) is 15.4. The van der Waals surface area contributed by atoms with E-state index in [1.807, 2.05) is 0 Å². The van der Waals surface area contributed by atoms with E-state index in [0.29, 0.717) is 0 Å². The van der Waals surface area contributed by atoms with Crippen molar-refractivity contribution >= 4 is 15.9 Å². The molecule has 0 amide bonds. The third kappa shape index (κ3) is 3.99. The molecular formula is C15H22BrNO. The van der Waals surface area contributed by atoms with Gasteiger partial charge in [0, 0.05) is 16.6 Å². The lowest BCUT2D eigenvalue weighted by molar-refractivity contribution is 0.179. The first-order chi connectivity index (χ1) is 8.79. The minimum absolute atomic E-state index is 0.782. The molecule has 1 fully saturated rings. The summed E-state index contributed by atoms with van der Waals surface area (Å²) in [5.74, 6) is 1.82. The van der Waals surface area contributed by atoms with Gasteiger partial charge in [-0.25, -0.2) is 0 Å². The first-order valence-electron chi connectivity index (χ1n) is 6.91. The fraction of sp³-hybridized carbons (Fsp3) is 0.600. The van der Waals surface area contributed by atoms with Gasteiger partial charge in [0.25, 0.3) is 0 Å². The highest BCUT2D eigenvalue weighted by atomic mass is 79.9. The average molecular weight is 312 g/mol. The molecule has 1 aliphatic rings. The standard InChI is InChI=1S/C15H22BrNO/c1-2-8-17-10-13-9-14(16)6-7-15(13)18-11-12-4-3-5-12/h6-7,9,12,17H,2-5,8,10-11H2,1H3. The summed E-state index contributed by atoms with van der Waals surface area (Å²) in [7, 11) is 0. The Labute approximate surface area is 118 Å². The molecule has 1 aromatic rings. The summed E-state index contributed by atoms with van der Waals surface area (Å²) in [6.45, 7) is 4.99. The second kappa shape index (κ2) is 7.15. The van der Waals surface area contributed by atoms with Crippen LogP contribution in [0.5, 0.6) is 5.75 Å². The Kier molecular flexibility index (Phi) is 5.51. The summed E-state index contributed by atoms with van der Waals surface area (Å²) < 4.78 is 7.08. The van der Waals surface area contributed by atoms with E-state index in [2.05, 4.69) is 46.4 Å². The fourth-order valence-electron chi connectivity index (χ4n) is 2.09. The molecule has 0 aliphatic heterocycles. The van der Waals surface area contributed by atoms with Crippen molar-refractivity contribution in [3.05, 3.63) is 28.2 Å². The van der Waals surface area contributed by atoms with E-state index in [9.17, 15) is 0 Å². The van der Waals surface area contributed by atoms with E-state index in [1.165, 1.54) is 24.8 Å². The molecule has 2 nitrogen and oxygen atoms in total. The number of benzene rings is 1. The van der Waals surface area contributed by atoms with Crippen molar-refractivity contribution < 1.29 is 4.74 Å². The molecule has 0 atom stereocenters. The van der Waals surface area contributed by atoms with Crippen molar-refractivity contribution in [2.75, 3.05) is 13.2 Å². The quantitative estimate of drug-likeness (QED) is 0.765. The van der Waals surface area contributed by atoms with Crippen molar-refractivity contribution in [3.8, 4) is 5.75 Å². The SMILES string of the molecule is CCCNCc1cc(Br)ccc1OCC1CCC1. The maximum Gasteiger partial charge on any atom is 0.123 e. The van der Waals surface area contributed by atoms with Crippen LogP contribution in [0.1, 0.15) is 38.2 Å². The molecule has 3 heteroatoms. The molecule has 1 saturated carbocycles. The van der Waals surface area contributed by atoms with Gasteiger partial charge in [-0.05, 0) is 49.9 Å². The summed E-state index contributed by atoms with van der Waals surface area (Å²) in [6, 6.07) is 6.28. The van der Waals surface area contributed by atoms with Crippen LogP contribution in [0.15, 0.2) is 22.7 Å². The summed E-state index contributed by atoms with van der Waals surface area (Å²) in [5, 5.41) is 3.43. The van der Waals surface area contributed by atoms with Crippen LogP contribution in [0.3, 0.4) is 0 Å². The third-order valence-corrected chi connectivity index (χ3v) is 3.96. The van der Waals surface area contributed by atoms with Gasteiger partial charge in [0.15, 0.2) is 0 Å². The predicted octanol–water partition coefficient (Wildman–Crippen LogP) is 4.13. The molecule has 0 bridgehead atoms. The Morgan fingerprint density at radius 3 is 2.89 bits per heavy atom. The summed E-state index contributed by atoms with van der Waals surface area (Å²) in [6.07, 6.45) is 5.20. The van der Waals surface area contributed by atoms with Gasteiger partial charge in [-0.2, -0.15) is 0 Å². The number of halogens is 1. The molecule has 18 heavy (non-hydrogen) atoms. The number of rotatable bonds is 7. The molecule has 1 aliphatic carbocycles. The van der Waals surface area contributed by atoms with Gasteiger partial charge >= 0.3 is 0 Å². The summed E-state index contributed by atoms with van der Waals surface area (Å²) >= 11 is 3.53. The first kappa shape index (κ1) is 13.9. The van der Waals surface area contributed by atoms with Crippen LogP contribution in [0, 0.1) is 5.92 Å². The van der Waals surface area contributed by atoms with Crippen molar-refractivity contribution in [3.63, 3.8) is 0 Å². The lowest BCUT2D eigenvalue weighted by Crippen LogP contribution is -2.20. The van der Waals surface area contributed by atoms with Crippen LogP contribution in [0.2, 0.25) is 0 Å². The van der Waals surface area contributed by atoms with Crippen molar-refractivity contribution in [1.82, 2.24) is 5.32 Å². The Balaban J connectivity index is 1.92. The third-order valence-electron chi connectivity index (χ3n) is 3.46. The molecule has 0 unspecified atom stereocenters. The maximum atomic E-state index is 5.97. The minimum Gasteiger partial charge on any atom is -0.493 e. The van der Waals surface area contributed by atoms with E-state index < -0.39 is 0 Å². The zero-order chi connectivity index (χ0) is 12.8. The highest BCUT2D eigenvalue weighted by Crippen LogP contribution is 2.29. The van der Waals surface area contributed by atoms with Crippen LogP contribution in [-0.2, 0) is 6.54 Å². The zero-order valence-electron chi connectivity index (χ0n) is 11.0. The van der Waals surface area contributed by atoms with Crippen molar-refractivity contribution in [1.29, 1.82) is 0 Å². The van der Waals surface area contributed by atoms with E-state index in [-0.39, 0.29) is 0 Å². The first-order valence-corrected chi connectivity index (χ1v) is 7.71. The molecule has 1 aromatic carbocycles. The molecule has 1 N–H and O–H groups in total. The van der Waals surface area contributed by atoms with Crippen LogP contribution in [-0.4, -0.2) is 13.2 Å². The van der Waals surface area contributed by atoms with Crippen molar-refractivity contribution in [2.24, 2.45) is 5.92 Å². The van der Waals surface area contributed by atoms with Gasteiger partial charge in [0.1, 0.15) is 5.75 Å². The van der Waals surface area contributed by atoms with E-state index in [4.69, 9.17) is 4.74 Å². The molecule has 0 saturated heterocycles. The molecule has 2 rings (SSSR count). The summed E-state index contributed by atoms with van der Waals surface area (Å²) in [5.41, 5.74) is 1.25. The van der Waals surface area contributed by atoms with E-state index in [1.54, 1.807) is 0 Å². The molecular weight excluding hydrogens is 290 g/mol. The molecule has 0 heterocycles. The summed E-state index contributed by atoms with van der Waals surface area (Å²) in [4.78, 5) is 0. The molecule has 0 radical (unpaired) electrons. The topological polar surface area (TPSA) is 21.3 Å². The fourth-order valence-corrected chi connectivity index (χ4v) is 2.50. The monoisotopic (exact) mass is 311 g/mol. The van der Waals surface area contributed by atoms with E-state index in [0.717, 1.165) is 42.3 Å². The molecule has 100 valence electrons. The smallest absolute Gasteiger partial charge is 0.123 e. The van der Waals surface area contributed by atoms with Gasteiger partial charge in [-0.1, -0.05) is 29.3 Å². The highest BCUT2D eigenvalue weighted by molar-refractivity contribution is 9.10. The highest BCUT2D eigenvalue weighted by Gasteiger charge is 2.18. The Morgan fingerprint density at radius 1 is 1.39 bits per heavy atom. The minimum atomic E-state index is 0.782. The zero-order valence-corrected chi connectivity index (χ0v) is 12.6. The van der Waals surface area contributed by atoms with Crippen molar-refractivity contribution in [2.45, 2.75) is 39.2 Å². The van der Waals surface area contributed by atoms with Crippen LogP contribution in [0.25, 0.3) is 0 Å². The van der Waals surface area contributed by atoms with Gasteiger partial charge < -0.3 is 10.1 Å². The number of ether oxygens (including phenoxy) is 1. The van der Waals surface area contributed by atoms with Gasteiger partial charge in [-0.15, -0.1) is 0 Å². The average Bonchev–Trinajstić information content (AvgIpc) is 2.30. The molecule has 0 spiro atoms. The second-order valence-electron chi connectivity index (χ2n) is 5.04. The number of hydrogen-bond acceptors (Lipinski definition) is 2. The van der Waals surface area contributed by atoms with Gasteiger partial charge in [0.2, 0.25) is 0 Å². The number of hydrogen-bond donors (Lipinski definition) is 1. The van der Waals surface area contributed by atoms with Crippen LogP contribution in [0.4, 0.5) is 0 Å². The Bertz CT molecular complexity index is 377. The largest absolute Gasteiger partial charge is 0.493 e. The van der Waals surface area contributed by atoms with E-state index >= 15 is 0 Å². The van der Waals surface area contributed by atoms with Gasteiger partial charge in [-0.3, -0.25) is 0 Å². The maximum absolute atomic E-state index is 5.97. The Morgan fingerprint density at radius 2 is 2.22 bits per heavy atom. The lowest BCUT2D eigenvalue weighted by atomic mass is 9.86. The second-order valence-corrected chi connectivity index (χ2v) is 5.95. The predicted molar refractivity (Wildman–Crippen MR) is 79.0 cm³/mol.